The summed E-state index contributed by atoms with van der Waals surface area (Å²) in [4.78, 5) is 28.3. The number of nitrogens with zero attached hydrogens (tertiary/aromatic N) is 5. The van der Waals surface area contributed by atoms with Crippen molar-refractivity contribution in [3.63, 3.8) is 0 Å². The Morgan fingerprint density at radius 2 is 2.08 bits per heavy atom. The first-order chi connectivity index (χ1) is 12.5. The van der Waals surface area contributed by atoms with Gasteiger partial charge >= 0.3 is 0 Å². The minimum absolute atomic E-state index is 0.0944. The first kappa shape index (κ1) is 16.8. The van der Waals surface area contributed by atoms with Crippen LogP contribution in [0.15, 0.2) is 6.07 Å². The lowest BCUT2D eigenvalue weighted by Gasteiger charge is -2.22. The summed E-state index contributed by atoms with van der Waals surface area (Å²) < 4.78 is 1.63. The summed E-state index contributed by atoms with van der Waals surface area (Å²) in [6, 6.07) is 1.60. The SMILES string of the molecule is CN(Cc1n[nH]c2c1CCCCC2)C(=O)c1cc2n(n1)CCN(C)C2=O. The molecule has 2 aromatic heterocycles. The summed E-state index contributed by atoms with van der Waals surface area (Å²) in [5.41, 5.74) is 4.21. The third kappa shape index (κ3) is 2.89. The number of carbonyl (C=O) groups is 2. The van der Waals surface area contributed by atoms with Crippen molar-refractivity contribution in [1.82, 2.24) is 29.8 Å². The van der Waals surface area contributed by atoms with E-state index < -0.39 is 0 Å². The molecule has 8 heteroatoms. The van der Waals surface area contributed by atoms with Crippen molar-refractivity contribution in [2.45, 2.75) is 45.2 Å². The molecule has 1 aliphatic heterocycles. The molecule has 1 aliphatic carbocycles. The number of H-pyrrole nitrogens is 1. The van der Waals surface area contributed by atoms with Gasteiger partial charge in [0.1, 0.15) is 5.69 Å². The standard InChI is InChI=1S/C18H24N6O2/c1-22-8-9-24-16(18(22)26)10-14(21-24)17(25)23(2)11-15-12-6-4-3-5-7-13(12)19-20-15/h10H,3-9,11H2,1-2H3,(H,19,20). The molecule has 26 heavy (non-hydrogen) atoms. The molecule has 2 aromatic rings. The zero-order chi connectivity index (χ0) is 18.3. The van der Waals surface area contributed by atoms with Crippen molar-refractivity contribution >= 4 is 11.8 Å². The van der Waals surface area contributed by atoms with Gasteiger partial charge in [-0.3, -0.25) is 19.4 Å². The van der Waals surface area contributed by atoms with E-state index in [1.807, 2.05) is 0 Å². The number of rotatable bonds is 3. The predicted octanol–water partition coefficient (Wildman–Crippen LogP) is 1.23. The maximum absolute atomic E-state index is 12.8. The highest BCUT2D eigenvalue weighted by atomic mass is 16.2. The second kappa shape index (κ2) is 6.59. The van der Waals surface area contributed by atoms with Gasteiger partial charge in [-0.05, 0) is 31.2 Å². The maximum Gasteiger partial charge on any atom is 0.274 e. The van der Waals surface area contributed by atoms with E-state index in [2.05, 4.69) is 15.3 Å². The summed E-state index contributed by atoms with van der Waals surface area (Å²) >= 11 is 0. The Labute approximate surface area is 152 Å². The number of hydrogen-bond acceptors (Lipinski definition) is 4. The molecule has 0 atom stereocenters. The lowest BCUT2D eigenvalue weighted by molar-refractivity contribution is 0.0738. The lowest BCUT2D eigenvalue weighted by atomic mass is 10.1. The number of hydrogen-bond donors (Lipinski definition) is 1. The molecule has 138 valence electrons. The van der Waals surface area contributed by atoms with Crippen LogP contribution < -0.4 is 0 Å². The summed E-state index contributed by atoms with van der Waals surface area (Å²) in [5, 5.41) is 11.9. The van der Waals surface area contributed by atoms with Crippen molar-refractivity contribution in [3.8, 4) is 0 Å². The summed E-state index contributed by atoms with van der Waals surface area (Å²) in [6.45, 7) is 1.67. The molecular formula is C18H24N6O2. The fourth-order valence-electron chi connectivity index (χ4n) is 3.75. The molecule has 0 spiro atoms. The monoisotopic (exact) mass is 356 g/mol. The molecule has 0 bridgehead atoms. The van der Waals surface area contributed by atoms with Gasteiger partial charge in [0.25, 0.3) is 11.8 Å². The number of amides is 2. The average molecular weight is 356 g/mol. The molecule has 0 fully saturated rings. The Morgan fingerprint density at radius 1 is 1.27 bits per heavy atom. The quantitative estimate of drug-likeness (QED) is 0.838. The van der Waals surface area contributed by atoms with Crippen LogP contribution in [-0.4, -0.2) is 62.2 Å². The Bertz CT molecular complexity index is 852. The lowest BCUT2D eigenvalue weighted by Crippen LogP contribution is -2.37. The predicted molar refractivity (Wildman–Crippen MR) is 94.8 cm³/mol. The van der Waals surface area contributed by atoms with E-state index in [0.717, 1.165) is 18.5 Å². The summed E-state index contributed by atoms with van der Waals surface area (Å²) in [7, 11) is 3.52. The topological polar surface area (TPSA) is 87.1 Å². The second-order valence-electron chi connectivity index (χ2n) is 7.21. The molecule has 0 aromatic carbocycles. The van der Waals surface area contributed by atoms with Crippen LogP contribution in [-0.2, 0) is 25.9 Å². The van der Waals surface area contributed by atoms with Crippen molar-refractivity contribution in [2.75, 3.05) is 20.6 Å². The number of aromatic amines is 1. The van der Waals surface area contributed by atoms with Crippen LogP contribution >= 0.6 is 0 Å². The van der Waals surface area contributed by atoms with Crippen LogP contribution in [0.3, 0.4) is 0 Å². The van der Waals surface area contributed by atoms with Crippen molar-refractivity contribution in [3.05, 3.63) is 34.4 Å². The Hall–Kier alpha value is -2.64. The Kier molecular flexibility index (Phi) is 4.26. The van der Waals surface area contributed by atoms with Gasteiger partial charge in [-0.25, -0.2) is 0 Å². The molecule has 0 radical (unpaired) electrons. The molecule has 2 aliphatic rings. The Balaban J connectivity index is 1.52. The molecule has 8 nitrogen and oxygen atoms in total. The third-order valence-corrected chi connectivity index (χ3v) is 5.34. The number of carbonyl (C=O) groups excluding carboxylic acids is 2. The van der Waals surface area contributed by atoms with Gasteiger partial charge in [0, 0.05) is 32.4 Å². The van der Waals surface area contributed by atoms with Gasteiger partial charge in [-0.15, -0.1) is 0 Å². The molecule has 3 heterocycles. The van der Waals surface area contributed by atoms with Crippen molar-refractivity contribution < 1.29 is 9.59 Å². The number of nitrogens with one attached hydrogen (secondary N) is 1. The van der Waals surface area contributed by atoms with Crippen LogP contribution in [0.2, 0.25) is 0 Å². The normalized spacial score (nSPS) is 16.8. The van der Waals surface area contributed by atoms with Gasteiger partial charge in [0.2, 0.25) is 0 Å². The van der Waals surface area contributed by atoms with E-state index in [4.69, 9.17) is 0 Å². The smallest absolute Gasteiger partial charge is 0.274 e. The van der Waals surface area contributed by atoms with Crippen LogP contribution in [0.25, 0.3) is 0 Å². The molecule has 0 unspecified atom stereocenters. The van der Waals surface area contributed by atoms with E-state index >= 15 is 0 Å². The molecule has 1 N–H and O–H groups in total. The summed E-state index contributed by atoms with van der Waals surface area (Å²) in [6.07, 6.45) is 5.64. The highest BCUT2D eigenvalue weighted by Gasteiger charge is 2.27. The van der Waals surface area contributed by atoms with Crippen LogP contribution in [0.4, 0.5) is 0 Å². The fourth-order valence-corrected chi connectivity index (χ4v) is 3.75. The number of fused-ring (bicyclic) bond motifs is 2. The van der Waals surface area contributed by atoms with Crippen molar-refractivity contribution in [2.24, 2.45) is 0 Å². The highest BCUT2D eigenvalue weighted by molar-refractivity contribution is 5.98. The Morgan fingerprint density at radius 3 is 2.92 bits per heavy atom. The van der Waals surface area contributed by atoms with Crippen LogP contribution in [0, 0.1) is 0 Å². The van der Waals surface area contributed by atoms with Gasteiger partial charge < -0.3 is 9.80 Å². The molecule has 0 saturated heterocycles. The van der Waals surface area contributed by atoms with Gasteiger partial charge in [-0.2, -0.15) is 10.2 Å². The number of aryl methyl sites for hydroxylation is 1. The zero-order valence-corrected chi connectivity index (χ0v) is 15.3. The average Bonchev–Trinajstić information content (AvgIpc) is 3.15. The second-order valence-corrected chi connectivity index (χ2v) is 7.21. The van der Waals surface area contributed by atoms with E-state index in [1.165, 1.54) is 30.5 Å². The molecule has 2 amide bonds. The van der Waals surface area contributed by atoms with E-state index in [1.54, 1.807) is 34.6 Å². The van der Waals surface area contributed by atoms with E-state index in [0.29, 0.717) is 31.0 Å². The first-order valence-corrected chi connectivity index (χ1v) is 9.18. The largest absolute Gasteiger partial charge is 0.339 e. The fraction of sp³-hybridized carbons (Fsp3) is 0.556. The zero-order valence-electron chi connectivity index (χ0n) is 15.3. The first-order valence-electron chi connectivity index (χ1n) is 9.18. The number of aromatic nitrogens is 4. The van der Waals surface area contributed by atoms with Gasteiger partial charge in [0.15, 0.2) is 5.69 Å². The molecular weight excluding hydrogens is 332 g/mol. The van der Waals surface area contributed by atoms with Crippen LogP contribution in [0.5, 0.6) is 0 Å². The third-order valence-electron chi connectivity index (χ3n) is 5.34. The molecule has 0 saturated carbocycles. The van der Waals surface area contributed by atoms with Crippen LogP contribution in [0.1, 0.15) is 57.2 Å². The van der Waals surface area contributed by atoms with Gasteiger partial charge in [-0.1, -0.05) is 6.42 Å². The minimum Gasteiger partial charge on any atom is -0.339 e. The van der Waals surface area contributed by atoms with E-state index in [-0.39, 0.29) is 11.8 Å². The van der Waals surface area contributed by atoms with Crippen molar-refractivity contribution in [1.29, 1.82) is 0 Å². The minimum atomic E-state index is -0.187. The maximum atomic E-state index is 12.8. The molecule has 4 rings (SSSR count). The number of likely N-dealkylation sites (N-methyl/N-ethyl adjacent to an activating group) is 1. The highest BCUT2D eigenvalue weighted by Crippen LogP contribution is 2.23. The van der Waals surface area contributed by atoms with Gasteiger partial charge in [0.05, 0.1) is 18.8 Å². The summed E-state index contributed by atoms with van der Waals surface area (Å²) in [5.74, 6) is -0.282. The van der Waals surface area contributed by atoms with E-state index in [9.17, 15) is 9.59 Å².